The normalized spacial score (nSPS) is 20.0. The first-order valence-corrected chi connectivity index (χ1v) is 10.1. The van der Waals surface area contributed by atoms with Gasteiger partial charge in [0, 0.05) is 5.57 Å². The lowest BCUT2D eigenvalue weighted by atomic mass is 10.0. The van der Waals surface area contributed by atoms with Crippen LogP contribution in [0.15, 0.2) is 122 Å². The molecule has 8 bridgehead atoms. The molecule has 158 valence electrons. The van der Waals surface area contributed by atoms with Gasteiger partial charge in [-0.15, -0.1) is 0 Å². The third kappa shape index (κ3) is 3.63. The Morgan fingerprint density at radius 3 is 1.52 bits per heavy atom. The van der Waals surface area contributed by atoms with Crippen LogP contribution >= 0.6 is 0 Å². The van der Waals surface area contributed by atoms with Crippen LogP contribution in [0.3, 0.4) is 0 Å². The molecule has 0 unspecified atom stereocenters. The van der Waals surface area contributed by atoms with Gasteiger partial charge < -0.3 is 0 Å². The molecule has 33 heavy (non-hydrogen) atoms. The maximum Gasteiger partial charge on any atom is 0.194 e. The highest BCUT2D eigenvalue weighted by molar-refractivity contribution is 6.19. The molecule has 0 fully saturated rings. The first kappa shape index (κ1) is 19.3. The van der Waals surface area contributed by atoms with Gasteiger partial charge in [0.15, 0.2) is 17.5 Å². The van der Waals surface area contributed by atoms with Crippen molar-refractivity contribution in [2.75, 3.05) is 0 Å². The molecule has 0 aliphatic carbocycles. The van der Waals surface area contributed by atoms with Gasteiger partial charge in [0.2, 0.25) is 0 Å². The van der Waals surface area contributed by atoms with E-state index < -0.39 is 17.5 Å². The Balaban J connectivity index is 1.51. The van der Waals surface area contributed by atoms with Crippen LogP contribution in [0.1, 0.15) is 5.56 Å². The molecule has 5 heterocycles. The predicted octanol–water partition coefficient (Wildman–Crippen LogP) is 5.52. The molecule has 6 rings (SSSR count). The zero-order chi connectivity index (χ0) is 22.5. The van der Waals surface area contributed by atoms with E-state index in [4.69, 9.17) is 0 Å². The lowest BCUT2D eigenvalue weighted by molar-refractivity contribution is 0.446. The van der Waals surface area contributed by atoms with Crippen molar-refractivity contribution >= 4 is 28.4 Å². The minimum atomic E-state index is -1.51. The topological polar surface area (TPSA) is 49.4 Å². The number of allylic oxidation sites excluding steroid dienone is 12. The molecule has 0 spiro atoms. The van der Waals surface area contributed by atoms with Gasteiger partial charge in [-0.1, -0.05) is 0 Å². The summed E-state index contributed by atoms with van der Waals surface area (Å²) in [6.45, 7) is 0. The molecule has 7 heteroatoms. The van der Waals surface area contributed by atoms with Crippen molar-refractivity contribution < 1.29 is 13.2 Å². The molecule has 0 saturated heterocycles. The highest BCUT2D eigenvalue weighted by atomic mass is 19.2. The Hall–Kier alpha value is -4.39. The van der Waals surface area contributed by atoms with Crippen LogP contribution in [0.25, 0.3) is 5.57 Å². The molecule has 1 aromatic rings. The number of hydrogen-bond acceptors (Lipinski definition) is 4. The minimum absolute atomic E-state index is 0.179. The Labute approximate surface area is 186 Å². The van der Waals surface area contributed by atoms with Crippen LogP contribution in [-0.2, 0) is 0 Å². The summed E-state index contributed by atoms with van der Waals surface area (Å²) in [5.74, 6) is -4.03. The summed E-state index contributed by atoms with van der Waals surface area (Å²) in [6.07, 6.45) is 20.1. The number of fused-ring (bicyclic) bond motifs is 4. The van der Waals surface area contributed by atoms with Gasteiger partial charge >= 0.3 is 0 Å². The summed E-state index contributed by atoms with van der Waals surface area (Å²) < 4.78 is 41.4. The van der Waals surface area contributed by atoms with E-state index in [0.717, 1.165) is 29.3 Å². The summed E-state index contributed by atoms with van der Waals surface area (Å²) in [5.41, 5.74) is 5.94. The number of hydrogen-bond donors (Lipinski definition) is 0. The van der Waals surface area contributed by atoms with Gasteiger partial charge in [-0.3, -0.25) is 0 Å². The molecule has 5 aliphatic heterocycles. The molecule has 1 aromatic carbocycles. The Morgan fingerprint density at radius 2 is 0.970 bits per heavy atom. The van der Waals surface area contributed by atoms with Crippen molar-refractivity contribution in [3.05, 3.63) is 125 Å². The van der Waals surface area contributed by atoms with E-state index in [1.807, 2.05) is 48.6 Å². The molecule has 0 radical (unpaired) electrons. The molecule has 4 nitrogen and oxygen atoms in total. The largest absolute Gasteiger partial charge is 0.249 e. The van der Waals surface area contributed by atoms with Crippen LogP contribution < -0.4 is 0 Å². The maximum absolute atomic E-state index is 13.9. The van der Waals surface area contributed by atoms with E-state index in [2.05, 4.69) is 20.0 Å². The lowest BCUT2D eigenvalue weighted by Gasteiger charge is -2.06. The zero-order valence-corrected chi connectivity index (χ0v) is 16.9. The highest BCUT2D eigenvalue weighted by Gasteiger charge is 2.21. The van der Waals surface area contributed by atoms with Crippen LogP contribution in [0, 0.1) is 17.5 Å². The summed E-state index contributed by atoms with van der Waals surface area (Å²) in [5, 5.41) is 0. The fraction of sp³-hybridized carbons (Fsp3) is 0. The second-order valence-corrected chi connectivity index (χ2v) is 7.70. The van der Waals surface area contributed by atoms with Crippen molar-refractivity contribution in [2.45, 2.75) is 0 Å². The minimum Gasteiger partial charge on any atom is -0.249 e. The molecule has 0 amide bonds. The second kappa shape index (κ2) is 7.34. The summed E-state index contributed by atoms with van der Waals surface area (Å²) in [4.78, 5) is 18.3. The van der Waals surface area contributed by atoms with Crippen molar-refractivity contribution in [2.24, 2.45) is 20.0 Å². The van der Waals surface area contributed by atoms with Gasteiger partial charge in [0.1, 0.15) is 0 Å². The molecule has 0 atom stereocenters. The Kier molecular flexibility index (Phi) is 4.29. The van der Waals surface area contributed by atoms with Crippen molar-refractivity contribution in [1.82, 2.24) is 0 Å². The fourth-order valence-corrected chi connectivity index (χ4v) is 3.84. The SMILES string of the molecule is Fc1cc(C2=CC3=NC2=CC2=NC(=CC4=NC(=CC5=NC(=C3)C=C5)C=C4)C=C2)cc(F)c1F. The van der Waals surface area contributed by atoms with E-state index >= 15 is 0 Å². The van der Waals surface area contributed by atoms with Crippen molar-refractivity contribution in [3.63, 3.8) is 0 Å². The third-order valence-corrected chi connectivity index (χ3v) is 5.33. The first-order chi connectivity index (χ1) is 16.0. The number of rotatable bonds is 1. The van der Waals surface area contributed by atoms with Crippen LogP contribution in [0.5, 0.6) is 0 Å². The molecule has 5 aliphatic rings. The summed E-state index contributed by atoms with van der Waals surface area (Å²) in [7, 11) is 0. The van der Waals surface area contributed by atoms with Crippen molar-refractivity contribution in [1.29, 1.82) is 0 Å². The maximum atomic E-state index is 13.9. The van der Waals surface area contributed by atoms with E-state index in [0.29, 0.717) is 34.1 Å². The summed E-state index contributed by atoms with van der Waals surface area (Å²) >= 11 is 0. The lowest BCUT2D eigenvalue weighted by Crippen LogP contribution is -1.96. The fourth-order valence-electron chi connectivity index (χ4n) is 3.84. The molecule has 0 saturated carbocycles. The van der Waals surface area contributed by atoms with Gasteiger partial charge in [0.25, 0.3) is 0 Å². The van der Waals surface area contributed by atoms with Gasteiger partial charge in [-0.2, -0.15) is 0 Å². The predicted molar refractivity (Wildman–Crippen MR) is 124 cm³/mol. The van der Waals surface area contributed by atoms with Crippen molar-refractivity contribution in [3.8, 4) is 0 Å². The molecule has 0 aromatic heterocycles. The third-order valence-electron chi connectivity index (χ3n) is 5.33. The first-order valence-electron chi connectivity index (χ1n) is 10.1. The number of halogens is 3. The van der Waals surface area contributed by atoms with Crippen LogP contribution in [-0.4, -0.2) is 22.8 Å². The highest BCUT2D eigenvalue weighted by Crippen LogP contribution is 2.32. The van der Waals surface area contributed by atoms with E-state index in [1.165, 1.54) is 0 Å². The number of aliphatic imine (C=N–C) groups is 4. The standard InChI is InChI=1S/C26H13F3N4/c27-23-7-14(8-24(28)26(23)29)22-12-21-11-19-4-3-17(31-19)9-15-1-2-16(30-15)10-18-5-6-20(32-18)13-25(22)33-21/h1-13H. The van der Waals surface area contributed by atoms with Crippen LogP contribution in [0.4, 0.5) is 13.2 Å². The Morgan fingerprint density at radius 1 is 0.485 bits per heavy atom. The van der Waals surface area contributed by atoms with Gasteiger partial charge in [-0.05, 0) is 84.5 Å². The summed E-state index contributed by atoms with van der Waals surface area (Å²) in [6, 6.07) is 1.92. The van der Waals surface area contributed by atoms with Gasteiger partial charge in [-0.25, -0.2) is 33.1 Å². The van der Waals surface area contributed by atoms with E-state index in [-0.39, 0.29) is 5.56 Å². The number of benzene rings is 1. The van der Waals surface area contributed by atoms with Crippen LogP contribution in [0.2, 0.25) is 0 Å². The average Bonchev–Trinajstić information content (AvgIpc) is 3.56. The average molecular weight is 438 g/mol. The molecular formula is C26H13F3N4. The van der Waals surface area contributed by atoms with E-state index in [9.17, 15) is 13.2 Å². The monoisotopic (exact) mass is 438 g/mol. The number of nitrogens with zero attached hydrogens (tertiary/aromatic N) is 4. The molecular weight excluding hydrogens is 425 g/mol. The zero-order valence-electron chi connectivity index (χ0n) is 16.9. The van der Waals surface area contributed by atoms with Gasteiger partial charge in [0.05, 0.1) is 45.6 Å². The smallest absolute Gasteiger partial charge is 0.194 e. The Bertz CT molecular complexity index is 1490. The molecule has 0 N–H and O–H groups in total. The van der Waals surface area contributed by atoms with E-state index in [1.54, 1.807) is 18.2 Å². The second-order valence-electron chi connectivity index (χ2n) is 7.70. The quantitative estimate of drug-likeness (QED) is 0.519.